The summed E-state index contributed by atoms with van der Waals surface area (Å²) in [4.78, 5) is 2.09. The maximum Gasteiger partial charge on any atom is 0.142 e. The third-order valence-electron chi connectivity index (χ3n) is 2.99. The van der Waals surface area contributed by atoms with Crippen LogP contribution in [-0.4, -0.2) is 14.2 Å². The van der Waals surface area contributed by atoms with Gasteiger partial charge in [0.25, 0.3) is 0 Å². The van der Waals surface area contributed by atoms with Crippen LogP contribution in [0.4, 0.5) is 11.4 Å². The number of anilines is 2. The van der Waals surface area contributed by atoms with E-state index in [4.69, 9.17) is 16.3 Å². The number of hydrogen-bond donors (Lipinski definition) is 0. The average Bonchev–Trinajstić information content (AvgIpc) is 2.46. The fourth-order valence-corrected chi connectivity index (χ4v) is 2.65. The van der Waals surface area contributed by atoms with Crippen LogP contribution in [0.5, 0.6) is 5.75 Å². The molecule has 0 aliphatic carbocycles. The molecule has 0 fully saturated rings. The van der Waals surface area contributed by atoms with Gasteiger partial charge in [0.1, 0.15) is 5.75 Å². The monoisotopic (exact) mass is 339 g/mol. The molecule has 0 bridgehead atoms. The smallest absolute Gasteiger partial charge is 0.142 e. The van der Waals surface area contributed by atoms with E-state index < -0.39 is 0 Å². The first-order chi connectivity index (χ1) is 9.17. The molecular weight excluding hydrogens is 326 g/mol. The maximum absolute atomic E-state index is 6.03. The first kappa shape index (κ1) is 14.2. The number of para-hydroxylation sites is 2. The highest BCUT2D eigenvalue weighted by Gasteiger charge is 2.12. The molecule has 19 heavy (non-hydrogen) atoms. The Labute approximate surface area is 127 Å². The van der Waals surface area contributed by atoms with Gasteiger partial charge in [0, 0.05) is 23.1 Å². The van der Waals surface area contributed by atoms with Gasteiger partial charge in [-0.2, -0.15) is 0 Å². The molecule has 0 N–H and O–H groups in total. The number of alkyl halides is 1. The van der Waals surface area contributed by atoms with Gasteiger partial charge in [0.05, 0.1) is 12.8 Å². The summed E-state index contributed by atoms with van der Waals surface area (Å²) >= 11 is 9.50. The molecule has 0 radical (unpaired) electrons. The first-order valence-corrected chi connectivity index (χ1v) is 7.21. The molecule has 0 heterocycles. The zero-order chi connectivity index (χ0) is 13.8. The van der Waals surface area contributed by atoms with Crippen molar-refractivity contribution in [2.45, 2.75) is 5.88 Å². The Bertz CT molecular complexity index is 574. The molecule has 2 rings (SSSR count). The van der Waals surface area contributed by atoms with E-state index in [1.165, 1.54) is 0 Å². The Hall–Kier alpha value is -1.19. The van der Waals surface area contributed by atoms with Gasteiger partial charge in [-0.05, 0) is 35.9 Å². The van der Waals surface area contributed by atoms with E-state index in [1.54, 1.807) is 7.11 Å². The molecule has 0 aliphatic rings. The number of rotatable bonds is 4. The number of methoxy groups -OCH3 is 1. The normalized spacial score (nSPS) is 10.3. The summed E-state index contributed by atoms with van der Waals surface area (Å²) < 4.78 is 6.43. The van der Waals surface area contributed by atoms with Crippen molar-refractivity contribution in [1.82, 2.24) is 0 Å². The van der Waals surface area contributed by atoms with Crippen LogP contribution in [0, 0.1) is 0 Å². The van der Waals surface area contributed by atoms with Gasteiger partial charge < -0.3 is 9.64 Å². The van der Waals surface area contributed by atoms with Crippen molar-refractivity contribution in [2.24, 2.45) is 0 Å². The molecule has 2 nitrogen and oxygen atoms in total. The molecule has 0 saturated carbocycles. The van der Waals surface area contributed by atoms with E-state index in [1.807, 2.05) is 49.5 Å². The van der Waals surface area contributed by atoms with Crippen molar-refractivity contribution >= 4 is 38.9 Å². The Kier molecular flexibility index (Phi) is 4.72. The zero-order valence-electron chi connectivity index (χ0n) is 10.9. The molecule has 2 aromatic rings. The van der Waals surface area contributed by atoms with Crippen molar-refractivity contribution in [3.8, 4) is 5.75 Å². The number of ether oxygens (including phenoxy) is 1. The topological polar surface area (TPSA) is 12.5 Å². The van der Waals surface area contributed by atoms with Crippen molar-refractivity contribution in [2.75, 3.05) is 19.1 Å². The molecule has 0 atom stereocenters. The lowest BCUT2D eigenvalue weighted by molar-refractivity contribution is 0.415. The van der Waals surface area contributed by atoms with Crippen LogP contribution in [0.2, 0.25) is 0 Å². The van der Waals surface area contributed by atoms with E-state index in [9.17, 15) is 0 Å². The molecule has 100 valence electrons. The zero-order valence-corrected chi connectivity index (χ0v) is 13.2. The van der Waals surface area contributed by atoms with Crippen LogP contribution >= 0.6 is 27.5 Å². The summed E-state index contributed by atoms with van der Waals surface area (Å²) in [7, 11) is 3.69. The van der Waals surface area contributed by atoms with Crippen LogP contribution in [0.25, 0.3) is 0 Å². The molecule has 0 spiro atoms. The number of hydrogen-bond acceptors (Lipinski definition) is 2. The minimum absolute atomic E-state index is 0.467. The van der Waals surface area contributed by atoms with E-state index in [0.29, 0.717) is 5.88 Å². The second-order valence-electron chi connectivity index (χ2n) is 4.14. The highest BCUT2D eigenvalue weighted by atomic mass is 79.9. The van der Waals surface area contributed by atoms with Gasteiger partial charge in [-0.1, -0.05) is 28.1 Å². The van der Waals surface area contributed by atoms with E-state index in [-0.39, 0.29) is 0 Å². The van der Waals surface area contributed by atoms with Crippen LogP contribution < -0.4 is 9.64 Å². The van der Waals surface area contributed by atoms with Crippen molar-refractivity contribution in [3.05, 3.63) is 52.5 Å². The quantitative estimate of drug-likeness (QED) is 0.729. The summed E-state index contributed by atoms with van der Waals surface area (Å²) in [5.41, 5.74) is 3.16. The maximum atomic E-state index is 6.03. The van der Waals surface area contributed by atoms with Crippen LogP contribution in [0.15, 0.2) is 46.9 Å². The Morgan fingerprint density at radius 3 is 2.58 bits per heavy atom. The lowest BCUT2D eigenvalue weighted by atomic mass is 10.1. The predicted octanol–water partition coefficient (Wildman–Crippen LogP) is 4.96. The van der Waals surface area contributed by atoms with Gasteiger partial charge >= 0.3 is 0 Å². The molecule has 0 aliphatic heterocycles. The molecule has 0 aromatic heterocycles. The van der Waals surface area contributed by atoms with Crippen molar-refractivity contribution in [3.63, 3.8) is 0 Å². The standard InChI is InChI=1S/C15H15BrClNO/c1-18(14-5-3-4-6-15(14)19-2)13-8-7-12(16)9-11(13)10-17/h3-9H,10H2,1-2H3. The fraction of sp³-hybridized carbons (Fsp3) is 0.200. The first-order valence-electron chi connectivity index (χ1n) is 5.88. The van der Waals surface area contributed by atoms with Gasteiger partial charge in [0.2, 0.25) is 0 Å². The third kappa shape index (κ3) is 3.04. The predicted molar refractivity (Wildman–Crippen MR) is 84.8 cm³/mol. The Balaban J connectivity index is 2.46. The number of halogens is 2. The second-order valence-corrected chi connectivity index (χ2v) is 5.32. The second kappa shape index (κ2) is 6.31. The SMILES string of the molecule is COc1ccccc1N(C)c1ccc(Br)cc1CCl. The molecule has 0 saturated heterocycles. The molecular formula is C15H15BrClNO. The van der Waals surface area contributed by atoms with Gasteiger partial charge in [-0.15, -0.1) is 11.6 Å². The highest BCUT2D eigenvalue weighted by molar-refractivity contribution is 9.10. The van der Waals surface area contributed by atoms with E-state index >= 15 is 0 Å². The lowest BCUT2D eigenvalue weighted by Gasteiger charge is -2.24. The summed E-state index contributed by atoms with van der Waals surface area (Å²) in [6.07, 6.45) is 0. The summed E-state index contributed by atoms with van der Waals surface area (Å²) in [5, 5.41) is 0. The fourth-order valence-electron chi connectivity index (χ4n) is 2.02. The lowest BCUT2D eigenvalue weighted by Crippen LogP contribution is -2.12. The van der Waals surface area contributed by atoms with Gasteiger partial charge in [-0.25, -0.2) is 0 Å². The Morgan fingerprint density at radius 2 is 1.89 bits per heavy atom. The third-order valence-corrected chi connectivity index (χ3v) is 3.77. The number of nitrogens with zero attached hydrogens (tertiary/aromatic N) is 1. The minimum atomic E-state index is 0.467. The average molecular weight is 341 g/mol. The van der Waals surface area contributed by atoms with Crippen LogP contribution in [0.1, 0.15) is 5.56 Å². The van der Waals surface area contributed by atoms with Crippen LogP contribution in [-0.2, 0) is 5.88 Å². The summed E-state index contributed by atoms with van der Waals surface area (Å²) in [6.45, 7) is 0. The van der Waals surface area contributed by atoms with E-state index in [0.717, 1.165) is 27.2 Å². The van der Waals surface area contributed by atoms with Gasteiger partial charge in [-0.3, -0.25) is 0 Å². The van der Waals surface area contributed by atoms with Gasteiger partial charge in [0.15, 0.2) is 0 Å². The Morgan fingerprint density at radius 1 is 1.16 bits per heavy atom. The molecule has 0 amide bonds. The molecule has 4 heteroatoms. The summed E-state index contributed by atoms with van der Waals surface area (Å²) in [5.74, 6) is 1.31. The molecule has 0 unspecified atom stereocenters. The molecule has 2 aromatic carbocycles. The van der Waals surface area contributed by atoms with Crippen molar-refractivity contribution in [1.29, 1.82) is 0 Å². The number of benzene rings is 2. The van der Waals surface area contributed by atoms with E-state index in [2.05, 4.69) is 20.8 Å². The largest absolute Gasteiger partial charge is 0.495 e. The highest BCUT2D eigenvalue weighted by Crippen LogP contribution is 2.35. The van der Waals surface area contributed by atoms with Crippen molar-refractivity contribution < 1.29 is 4.74 Å². The minimum Gasteiger partial charge on any atom is -0.495 e. The summed E-state index contributed by atoms with van der Waals surface area (Å²) in [6, 6.07) is 14.0. The van der Waals surface area contributed by atoms with Crippen LogP contribution in [0.3, 0.4) is 0 Å².